The molecule has 3 rings (SSSR count). The molecule has 2 amide bonds. The fraction of sp³-hybridized carbons (Fsp3) is 0.0952. The van der Waals surface area contributed by atoms with Gasteiger partial charge in [-0.25, -0.2) is 4.98 Å². The number of ether oxygens (including phenoxy) is 1. The predicted molar refractivity (Wildman–Crippen MR) is 107 cm³/mol. The largest absolute Gasteiger partial charge is 0.495 e. The highest BCUT2D eigenvalue weighted by Crippen LogP contribution is 2.27. The molecule has 0 bridgehead atoms. The summed E-state index contributed by atoms with van der Waals surface area (Å²) in [6.45, 7) is 0.253. The molecule has 3 aromatic rings. The van der Waals surface area contributed by atoms with E-state index in [1.54, 1.807) is 43.6 Å². The molecule has 1 aromatic heterocycles. The van der Waals surface area contributed by atoms with Crippen LogP contribution in [0.15, 0.2) is 66.9 Å². The minimum absolute atomic E-state index is 0.253. The number of carbonyl (C=O) groups excluding carboxylic acids is 2. The van der Waals surface area contributed by atoms with Gasteiger partial charge < -0.3 is 21.1 Å². The number of carbonyl (C=O) groups is 2. The van der Waals surface area contributed by atoms with Gasteiger partial charge in [-0.1, -0.05) is 24.3 Å². The second kappa shape index (κ2) is 8.68. The van der Waals surface area contributed by atoms with Crippen LogP contribution in [-0.2, 0) is 6.54 Å². The summed E-state index contributed by atoms with van der Waals surface area (Å²) < 4.78 is 5.33. The lowest BCUT2D eigenvalue weighted by atomic mass is 10.1. The molecule has 0 saturated carbocycles. The van der Waals surface area contributed by atoms with E-state index in [0.29, 0.717) is 28.4 Å². The number of primary amides is 1. The summed E-state index contributed by atoms with van der Waals surface area (Å²) in [5, 5.41) is 5.97. The molecule has 142 valence electrons. The van der Waals surface area contributed by atoms with E-state index in [-0.39, 0.29) is 12.5 Å². The standard InChI is InChI=1S/C21H20N4O3/c1-28-18-10-3-2-9-17(18)25-20-16(8-5-11-23-20)21(27)24-13-14-6-4-7-15(12-14)19(22)26/h2-12H,13H2,1H3,(H2,22,26)(H,23,25)(H,24,27). The van der Waals surface area contributed by atoms with Crippen LogP contribution in [-0.4, -0.2) is 23.9 Å². The number of hydrogen-bond donors (Lipinski definition) is 3. The maximum absolute atomic E-state index is 12.7. The van der Waals surface area contributed by atoms with Crippen LogP contribution >= 0.6 is 0 Å². The van der Waals surface area contributed by atoms with E-state index in [1.807, 2.05) is 30.3 Å². The highest BCUT2D eigenvalue weighted by Gasteiger charge is 2.14. The lowest BCUT2D eigenvalue weighted by molar-refractivity contribution is 0.0950. The molecule has 0 unspecified atom stereocenters. The smallest absolute Gasteiger partial charge is 0.255 e. The number of hydrogen-bond acceptors (Lipinski definition) is 5. The first-order valence-electron chi connectivity index (χ1n) is 8.60. The number of benzene rings is 2. The van der Waals surface area contributed by atoms with Gasteiger partial charge in [0.15, 0.2) is 0 Å². The molecule has 0 atom stereocenters. The molecule has 0 fully saturated rings. The number of anilines is 2. The van der Waals surface area contributed by atoms with Gasteiger partial charge >= 0.3 is 0 Å². The van der Waals surface area contributed by atoms with Crippen LogP contribution in [0.5, 0.6) is 5.75 Å². The molecular formula is C21H20N4O3. The van der Waals surface area contributed by atoms with E-state index in [4.69, 9.17) is 10.5 Å². The van der Waals surface area contributed by atoms with Gasteiger partial charge in [-0.3, -0.25) is 9.59 Å². The summed E-state index contributed by atoms with van der Waals surface area (Å²) in [7, 11) is 1.58. The number of aromatic nitrogens is 1. The Labute approximate surface area is 162 Å². The first kappa shape index (κ1) is 18.9. The van der Waals surface area contributed by atoms with Gasteiger partial charge in [0.1, 0.15) is 11.6 Å². The van der Waals surface area contributed by atoms with E-state index >= 15 is 0 Å². The third kappa shape index (κ3) is 4.45. The van der Waals surface area contributed by atoms with Crippen molar-refractivity contribution in [2.24, 2.45) is 5.73 Å². The Hall–Kier alpha value is -3.87. The van der Waals surface area contributed by atoms with Gasteiger partial charge in [-0.05, 0) is 42.0 Å². The van der Waals surface area contributed by atoms with Crippen molar-refractivity contribution in [2.75, 3.05) is 12.4 Å². The Bertz CT molecular complexity index is 1000. The van der Waals surface area contributed by atoms with Crippen LogP contribution in [0.3, 0.4) is 0 Å². The normalized spacial score (nSPS) is 10.2. The van der Waals surface area contributed by atoms with Crippen LogP contribution in [0.1, 0.15) is 26.3 Å². The van der Waals surface area contributed by atoms with E-state index in [2.05, 4.69) is 15.6 Å². The van der Waals surface area contributed by atoms with Crippen LogP contribution in [0.4, 0.5) is 11.5 Å². The molecule has 0 aliphatic heterocycles. The van der Waals surface area contributed by atoms with Gasteiger partial charge in [0, 0.05) is 18.3 Å². The van der Waals surface area contributed by atoms with Crippen molar-refractivity contribution in [3.8, 4) is 5.75 Å². The molecular weight excluding hydrogens is 356 g/mol. The fourth-order valence-corrected chi connectivity index (χ4v) is 2.68. The van der Waals surface area contributed by atoms with Crippen molar-refractivity contribution >= 4 is 23.3 Å². The molecule has 0 spiro atoms. The number of amides is 2. The van der Waals surface area contributed by atoms with E-state index < -0.39 is 5.91 Å². The van der Waals surface area contributed by atoms with Crippen LogP contribution in [0.25, 0.3) is 0 Å². The second-order valence-corrected chi connectivity index (χ2v) is 5.97. The molecule has 7 heteroatoms. The van der Waals surface area contributed by atoms with Gasteiger partial charge in [-0.2, -0.15) is 0 Å². The number of pyridine rings is 1. The van der Waals surface area contributed by atoms with Crippen LogP contribution in [0, 0.1) is 0 Å². The summed E-state index contributed by atoms with van der Waals surface area (Å²) in [5.74, 6) is 0.247. The van der Waals surface area contributed by atoms with E-state index in [1.165, 1.54) is 0 Å². The van der Waals surface area contributed by atoms with Gasteiger partial charge in [-0.15, -0.1) is 0 Å². The van der Waals surface area contributed by atoms with Gasteiger partial charge in [0.2, 0.25) is 5.91 Å². The Morgan fingerprint density at radius 3 is 2.68 bits per heavy atom. The molecule has 28 heavy (non-hydrogen) atoms. The third-order valence-corrected chi connectivity index (χ3v) is 4.08. The number of nitrogens with two attached hydrogens (primary N) is 1. The van der Waals surface area contributed by atoms with E-state index in [0.717, 1.165) is 5.56 Å². The zero-order valence-electron chi connectivity index (χ0n) is 15.3. The molecule has 0 saturated heterocycles. The highest BCUT2D eigenvalue weighted by molar-refractivity contribution is 5.99. The summed E-state index contributed by atoms with van der Waals surface area (Å²) in [5.41, 5.74) is 7.55. The number of nitrogens with one attached hydrogen (secondary N) is 2. The van der Waals surface area contributed by atoms with Gasteiger partial charge in [0.25, 0.3) is 5.91 Å². The average Bonchev–Trinajstić information content (AvgIpc) is 2.73. The van der Waals surface area contributed by atoms with Gasteiger partial charge in [0.05, 0.1) is 18.4 Å². The fourth-order valence-electron chi connectivity index (χ4n) is 2.68. The molecule has 0 aliphatic rings. The molecule has 2 aromatic carbocycles. The average molecular weight is 376 g/mol. The Morgan fingerprint density at radius 1 is 1.07 bits per heavy atom. The minimum Gasteiger partial charge on any atom is -0.495 e. The van der Waals surface area contributed by atoms with Crippen LogP contribution in [0.2, 0.25) is 0 Å². The maximum Gasteiger partial charge on any atom is 0.255 e. The lowest BCUT2D eigenvalue weighted by Crippen LogP contribution is -2.24. The maximum atomic E-state index is 12.7. The molecule has 0 aliphatic carbocycles. The number of rotatable bonds is 7. The third-order valence-electron chi connectivity index (χ3n) is 4.08. The number of nitrogens with zero attached hydrogens (tertiary/aromatic N) is 1. The van der Waals surface area contributed by atoms with Crippen molar-refractivity contribution in [1.82, 2.24) is 10.3 Å². The minimum atomic E-state index is -0.510. The Balaban J connectivity index is 1.76. The number of para-hydroxylation sites is 2. The Kier molecular flexibility index (Phi) is 5.86. The molecule has 4 N–H and O–H groups in total. The molecule has 1 heterocycles. The zero-order chi connectivity index (χ0) is 19.9. The Morgan fingerprint density at radius 2 is 1.89 bits per heavy atom. The topological polar surface area (TPSA) is 106 Å². The summed E-state index contributed by atoms with van der Waals surface area (Å²) in [6.07, 6.45) is 1.60. The summed E-state index contributed by atoms with van der Waals surface area (Å²) >= 11 is 0. The molecule has 0 radical (unpaired) electrons. The van der Waals surface area contributed by atoms with Crippen molar-refractivity contribution in [3.05, 3.63) is 83.6 Å². The van der Waals surface area contributed by atoms with Crippen molar-refractivity contribution in [2.45, 2.75) is 6.54 Å². The first-order valence-corrected chi connectivity index (χ1v) is 8.60. The molecule has 7 nitrogen and oxygen atoms in total. The summed E-state index contributed by atoms with van der Waals surface area (Å²) in [4.78, 5) is 28.3. The van der Waals surface area contributed by atoms with Crippen molar-refractivity contribution in [3.63, 3.8) is 0 Å². The van der Waals surface area contributed by atoms with Crippen LogP contribution < -0.4 is 21.1 Å². The van der Waals surface area contributed by atoms with E-state index in [9.17, 15) is 9.59 Å². The predicted octanol–water partition coefficient (Wildman–Crippen LogP) is 2.86. The lowest BCUT2D eigenvalue weighted by Gasteiger charge is -2.13. The quantitative estimate of drug-likeness (QED) is 0.588. The second-order valence-electron chi connectivity index (χ2n) is 5.97. The highest BCUT2D eigenvalue weighted by atomic mass is 16.5. The monoisotopic (exact) mass is 376 g/mol. The summed E-state index contributed by atoms with van der Waals surface area (Å²) in [6, 6.07) is 17.6. The zero-order valence-corrected chi connectivity index (χ0v) is 15.3. The SMILES string of the molecule is COc1ccccc1Nc1ncccc1C(=O)NCc1cccc(C(N)=O)c1. The number of methoxy groups -OCH3 is 1. The van der Waals surface area contributed by atoms with Crippen molar-refractivity contribution in [1.29, 1.82) is 0 Å². The first-order chi connectivity index (χ1) is 13.6. The van der Waals surface area contributed by atoms with Crippen molar-refractivity contribution < 1.29 is 14.3 Å².